The highest BCUT2D eigenvalue weighted by atomic mass is 32.1. The molecule has 3 aromatic rings. The number of benzene rings is 2. The number of primary amides is 1. The smallest absolute Gasteiger partial charge is 0.416 e. The van der Waals surface area contributed by atoms with Gasteiger partial charge in [-0.05, 0) is 29.8 Å². The summed E-state index contributed by atoms with van der Waals surface area (Å²) in [6.45, 7) is -0.426. The van der Waals surface area contributed by atoms with Crippen molar-refractivity contribution in [1.82, 2.24) is 9.88 Å². The molecule has 4 rings (SSSR count). The lowest BCUT2D eigenvalue weighted by molar-refractivity contribution is -0.158. The Morgan fingerprint density at radius 3 is 2.53 bits per heavy atom. The molecule has 2 heterocycles. The summed E-state index contributed by atoms with van der Waals surface area (Å²) in [5, 5.41) is 0.160. The van der Waals surface area contributed by atoms with Crippen molar-refractivity contribution in [1.29, 1.82) is 0 Å². The van der Waals surface area contributed by atoms with E-state index in [0.717, 1.165) is 35.5 Å². The molecule has 8 nitrogen and oxygen atoms in total. The fourth-order valence-corrected chi connectivity index (χ4v) is 4.94. The highest BCUT2D eigenvalue weighted by Crippen LogP contribution is 2.40. The molecule has 1 atom stereocenters. The predicted octanol–water partition coefficient (Wildman–Crippen LogP) is 2.78. The number of imide groups is 1. The molecule has 12 heteroatoms. The number of thiazole rings is 1. The minimum atomic E-state index is -4.56. The Balaban J connectivity index is 1.81. The van der Waals surface area contributed by atoms with Crippen molar-refractivity contribution in [3.8, 4) is 0 Å². The summed E-state index contributed by atoms with van der Waals surface area (Å²) in [7, 11) is 1.04. The van der Waals surface area contributed by atoms with E-state index in [1.807, 2.05) is 0 Å². The Hall–Kier alpha value is -3.80. The van der Waals surface area contributed by atoms with Gasteiger partial charge in [0.05, 0.1) is 35.9 Å². The molecule has 2 N–H and O–H groups in total. The molecule has 2 aromatic carbocycles. The van der Waals surface area contributed by atoms with Gasteiger partial charge in [-0.2, -0.15) is 13.2 Å². The number of methoxy groups -OCH3 is 1. The van der Waals surface area contributed by atoms with E-state index in [2.05, 4.69) is 4.98 Å². The average molecular weight is 491 g/mol. The maximum atomic E-state index is 13.6. The summed E-state index contributed by atoms with van der Waals surface area (Å²) in [4.78, 5) is 56.4. The summed E-state index contributed by atoms with van der Waals surface area (Å²) < 4.78 is 44.3. The van der Waals surface area contributed by atoms with Gasteiger partial charge in [-0.1, -0.05) is 18.2 Å². The molecule has 1 unspecified atom stereocenters. The van der Waals surface area contributed by atoms with Crippen LogP contribution < -0.4 is 5.73 Å². The van der Waals surface area contributed by atoms with Crippen LogP contribution in [0.15, 0.2) is 42.5 Å². The monoisotopic (exact) mass is 491 g/mol. The maximum absolute atomic E-state index is 13.6. The fraction of sp³-hybridized carbons (Fsp3) is 0.227. The normalized spacial score (nSPS) is 18.2. The number of carbonyl (C=O) groups is 4. The van der Waals surface area contributed by atoms with Gasteiger partial charge in [-0.25, -0.2) is 4.98 Å². The standard InChI is InChI=1S/C22H16F3N3O5S/c1-33-20(32)21(9-16(26)29)13-5-3-2-4-12(13)18(30)28(19(21)31)10-17-27-14-8-11(22(23,24)25)6-7-15(14)34-17/h2-8H,9-10H2,1H3,(H2,26,29). The van der Waals surface area contributed by atoms with E-state index in [1.54, 1.807) is 0 Å². The molecule has 0 spiro atoms. The Labute approximate surface area is 194 Å². The third-order valence-corrected chi connectivity index (χ3v) is 6.52. The van der Waals surface area contributed by atoms with E-state index in [4.69, 9.17) is 10.5 Å². The van der Waals surface area contributed by atoms with E-state index >= 15 is 0 Å². The number of carbonyl (C=O) groups excluding carboxylic acids is 4. The first-order valence-corrected chi connectivity index (χ1v) is 10.6. The Morgan fingerprint density at radius 2 is 1.88 bits per heavy atom. The zero-order valence-electron chi connectivity index (χ0n) is 17.5. The number of esters is 1. The molecule has 0 bridgehead atoms. The highest BCUT2D eigenvalue weighted by molar-refractivity contribution is 7.18. The topological polar surface area (TPSA) is 120 Å². The fourth-order valence-electron chi connectivity index (χ4n) is 4.00. The van der Waals surface area contributed by atoms with E-state index in [-0.39, 0.29) is 21.7 Å². The lowest BCUT2D eigenvalue weighted by Gasteiger charge is -2.38. The van der Waals surface area contributed by atoms with Crippen LogP contribution in [0.1, 0.15) is 32.9 Å². The number of ether oxygens (including phenoxy) is 1. The molecule has 0 saturated carbocycles. The number of fused-ring (bicyclic) bond motifs is 2. The zero-order valence-corrected chi connectivity index (χ0v) is 18.3. The molecule has 3 amide bonds. The quantitative estimate of drug-likeness (QED) is 0.333. The number of nitrogens with zero attached hydrogens (tertiary/aromatic N) is 2. The van der Waals surface area contributed by atoms with Gasteiger partial charge in [0.15, 0.2) is 5.41 Å². The molecule has 1 aliphatic heterocycles. The van der Waals surface area contributed by atoms with Crippen molar-refractivity contribution < 1.29 is 37.1 Å². The van der Waals surface area contributed by atoms with Crippen LogP contribution in [-0.4, -0.2) is 40.7 Å². The summed E-state index contributed by atoms with van der Waals surface area (Å²) in [5.74, 6) is -3.82. The van der Waals surface area contributed by atoms with Crippen LogP contribution in [0.3, 0.4) is 0 Å². The molecule has 176 valence electrons. The van der Waals surface area contributed by atoms with Crippen LogP contribution in [-0.2, 0) is 37.3 Å². The lowest BCUT2D eigenvalue weighted by Crippen LogP contribution is -2.59. The largest absolute Gasteiger partial charge is 0.468 e. The minimum absolute atomic E-state index is 0.00535. The van der Waals surface area contributed by atoms with Crippen LogP contribution in [0.4, 0.5) is 13.2 Å². The van der Waals surface area contributed by atoms with Crippen molar-refractivity contribution in [2.45, 2.75) is 24.6 Å². The van der Waals surface area contributed by atoms with Gasteiger partial charge in [0.25, 0.3) is 11.8 Å². The summed E-state index contributed by atoms with van der Waals surface area (Å²) >= 11 is 0.991. The second-order valence-corrected chi connectivity index (χ2v) is 8.69. The van der Waals surface area contributed by atoms with Gasteiger partial charge in [0.1, 0.15) is 5.01 Å². The molecule has 0 aliphatic carbocycles. The molecule has 0 fully saturated rings. The predicted molar refractivity (Wildman–Crippen MR) is 113 cm³/mol. The summed E-state index contributed by atoms with van der Waals surface area (Å²) in [6.07, 6.45) is -5.30. The van der Waals surface area contributed by atoms with Crippen LogP contribution in [0, 0.1) is 0 Å². The minimum Gasteiger partial charge on any atom is -0.468 e. The van der Waals surface area contributed by atoms with Crippen LogP contribution >= 0.6 is 11.3 Å². The summed E-state index contributed by atoms with van der Waals surface area (Å²) in [6, 6.07) is 8.82. The second-order valence-electron chi connectivity index (χ2n) is 7.57. The number of rotatable bonds is 5. The summed E-state index contributed by atoms with van der Waals surface area (Å²) in [5.41, 5.74) is 2.30. The Morgan fingerprint density at radius 1 is 1.18 bits per heavy atom. The Bertz CT molecular complexity index is 1350. The van der Waals surface area contributed by atoms with Crippen molar-refractivity contribution >= 4 is 45.2 Å². The van der Waals surface area contributed by atoms with Gasteiger partial charge in [-0.3, -0.25) is 24.1 Å². The zero-order chi connectivity index (χ0) is 24.8. The molecule has 0 radical (unpaired) electrons. The van der Waals surface area contributed by atoms with Crippen LogP contribution in [0.2, 0.25) is 0 Å². The number of hydrogen-bond donors (Lipinski definition) is 1. The van der Waals surface area contributed by atoms with E-state index in [9.17, 15) is 32.3 Å². The number of alkyl halides is 3. The highest BCUT2D eigenvalue weighted by Gasteiger charge is 2.57. The van der Waals surface area contributed by atoms with Gasteiger partial charge < -0.3 is 10.5 Å². The molecule has 1 aromatic heterocycles. The van der Waals surface area contributed by atoms with Gasteiger partial charge in [-0.15, -0.1) is 11.3 Å². The first kappa shape index (κ1) is 23.4. The van der Waals surface area contributed by atoms with Crippen molar-refractivity contribution in [2.75, 3.05) is 7.11 Å². The number of hydrogen-bond acceptors (Lipinski definition) is 7. The lowest BCUT2D eigenvalue weighted by atomic mass is 9.71. The molecule has 34 heavy (non-hydrogen) atoms. The van der Waals surface area contributed by atoms with Crippen molar-refractivity contribution in [3.63, 3.8) is 0 Å². The van der Waals surface area contributed by atoms with E-state index < -0.39 is 53.8 Å². The number of amides is 3. The second kappa shape index (κ2) is 8.20. The Kier molecular flexibility index (Phi) is 5.64. The van der Waals surface area contributed by atoms with Crippen molar-refractivity contribution in [3.05, 3.63) is 64.2 Å². The van der Waals surface area contributed by atoms with E-state index in [1.165, 1.54) is 30.3 Å². The number of nitrogens with two attached hydrogens (primary N) is 1. The third-order valence-electron chi connectivity index (χ3n) is 5.50. The molecule has 1 aliphatic rings. The first-order chi connectivity index (χ1) is 16.0. The maximum Gasteiger partial charge on any atom is 0.416 e. The molecular formula is C22H16F3N3O5S. The van der Waals surface area contributed by atoms with Gasteiger partial charge in [0.2, 0.25) is 5.91 Å². The number of halogens is 3. The first-order valence-electron chi connectivity index (χ1n) is 9.78. The molecule has 0 saturated heterocycles. The SMILES string of the molecule is COC(=O)C1(CC(N)=O)C(=O)N(Cc2nc3cc(C(F)(F)F)ccc3s2)C(=O)c2ccccc21. The average Bonchev–Trinajstić information content (AvgIpc) is 3.20. The molecular weight excluding hydrogens is 475 g/mol. The van der Waals surface area contributed by atoms with Crippen molar-refractivity contribution in [2.24, 2.45) is 5.73 Å². The van der Waals surface area contributed by atoms with Crippen LogP contribution in [0.5, 0.6) is 0 Å². The third kappa shape index (κ3) is 3.69. The van der Waals surface area contributed by atoms with E-state index in [0.29, 0.717) is 4.70 Å². The van der Waals surface area contributed by atoms with Crippen LogP contribution in [0.25, 0.3) is 10.2 Å². The van der Waals surface area contributed by atoms with Gasteiger partial charge >= 0.3 is 12.1 Å². The number of aromatic nitrogens is 1. The van der Waals surface area contributed by atoms with Gasteiger partial charge in [0, 0.05) is 5.56 Å².